The summed E-state index contributed by atoms with van der Waals surface area (Å²) < 4.78 is 0.792. The Kier molecular flexibility index (Phi) is 1.73. The fourth-order valence-corrected chi connectivity index (χ4v) is 0.854. The first-order chi connectivity index (χ1) is 3.80. The van der Waals surface area contributed by atoms with Gasteiger partial charge in [-0.2, -0.15) is 0 Å². The summed E-state index contributed by atoms with van der Waals surface area (Å²) in [6.07, 6.45) is 6.41. The lowest BCUT2D eigenvalue weighted by molar-refractivity contribution is 0.429. The second kappa shape index (κ2) is 2.35. The zero-order valence-electron chi connectivity index (χ0n) is 4.26. The van der Waals surface area contributed by atoms with Crippen molar-refractivity contribution >= 4 is 15.9 Å². The van der Waals surface area contributed by atoms with Crippen LogP contribution in [0.2, 0.25) is 0 Å². The average molecular weight is 174 g/mol. The largest absolute Gasteiger partial charge is 0.507 e. The smallest absolute Gasteiger partial charge is 0.125 e. The highest BCUT2D eigenvalue weighted by Crippen LogP contribution is 2.20. The first kappa shape index (κ1) is 5.89. The van der Waals surface area contributed by atoms with Crippen molar-refractivity contribution < 1.29 is 5.11 Å². The van der Waals surface area contributed by atoms with Gasteiger partial charge in [0, 0.05) is 10.9 Å². The van der Waals surface area contributed by atoms with Gasteiger partial charge >= 0.3 is 0 Å². The van der Waals surface area contributed by atoms with Gasteiger partial charge in [-0.1, -0.05) is 22.0 Å². The molecule has 1 radical (unpaired) electrons. The van der Waals surface area contributed by atoms with Crippen LogP contribution in [0, 0.1) is 6.42 Å². The van der Waals surface area contributed by atoms with E-state index < -0.39 is 0 Å². The van der Waals surface area contributed by atoms with Crippen LogP contribution in [0.15, 0.2) is 22.4 Å². The maximum Gasteiger partial charge on any atom is 0.125 e. The fourth-order valence-electron chi connectivity index (χ4n) is 0.535. The number of aliphatic hydroxyl groups is 1. The molecule has 0 spiro atoms. The number of allylic oxidation sites excluding steroid dienone is 3. The van der Waals surface area contributed by atoms with Gasteiger partial charge in [0.15, 0.2) is 0 Å². The second-order valence-electron chi connectivity index (χ2n) is 1.58. The molecule has 0 aliphatic heterocycles. The Morgan fingerprint density at radius 3 is 2.75 bits per heavy atom. The lowest BCUT2D eigenvalue weighted by atomic mass is 10.2. The van der Waals surface area contributed by atoms with Gasteiger partial charge in [-0.3, -0.25) is 0 Å². The third-order valence-corrected chi connectivity index (χ3v) is 1.68. The minimum Gasteiger partial charge on any atom is -0.507 e. The molecule has 1 rings (SSSR count). The van der Waals surface area contributed by atoms with Crippen LogP contribution in [-0.4, -0.2) is 5.11 Å². The van der Waals surface area contributed by atoms with E-state index in [9.17, 15) is 0 Å². The number of hydrogen-bond acceptors (Lipinski definition) is 1. The Labute approximate surface area is 56.8 Å². The Morgan fingerprint density at radius 2 is 2.38 bits per heavy atom. The molecular formula is C6H6BrO. The van der Waals surface area contributed by atoms with Crippen LogP contribution in [0.3, 0.4) is 0 Å². The van der Waals surface area contributed by atoms with Gasteiger partial charge in [-0.15, -0.1) is 0 Å². The van der Waals surface area contributed by atoms with Crippen molar-refractivity contribution in [1.29, 1.82) is 0 Å². The molecule has 8 heavy (non-hydrogen) atoms. The molecule has 0 aromatic heterocycles. The minimum absolute atomic E-state index is 0.316. The lowest BCUT2D eigenvalue weighted by Crippen LogP contribution is -1.86. The third-order valence-electron chi connectivity index (χ3n) is 0.954. The molecule has 0 bridgehead atoms. The summed E-state index contributed by atoms with van der Waals surface area (Å²) in [5.74, 6) is 0.316. The molecule has 2 heteroatoms. The highest BCUT2D eigenvalue weighted by Gasteiger charge is 2.01. The van der Waals surface area contributed by atoms with Gasteiger partial charge in [0.05, 0.1) is 0 Å². The van der Waals surface area contributed by atoms with Crippen molar-refractivity contribution in [3.63, 3.8) is 0 Å². The molecule has 0 heterocycles. The quantitative estimate of drug-likeness (QED) is 0.597. The van der Waals surface area contributed by atoms with Gasteiger partial charge in [0.25, 0.3) is 0 Å². The molecular weight excluding hydrogens is 168 g/mol. The lowest BCUT2D eigenvalue weighted by Gasteiger charge is -2.02. The van der Waals surface area contributed by atoms with Gasteiger partial charge in [-0.05, 0) is 12.5 Å². The first-order valence-electron chi connectivity index (χ1n) is 2.39. The summed E-state index contributed by atoms with van der Waals surface area (Å²) in [6, 6.07) is 0. The maximum atomic E-state index is 8.89. The highest BCUT2D eigenvalue weighted by molar-refractivity contribution is 9.11. The van der Waals surface area contributed by atoms with Crippen LogP contribution in [0.1, 0.15) is 6.42 Å². The van der Waals surface area contributed by atoms with E-state index in [1.807, 2.05) is 12.5 Å². The summed E-state index contributed by atoms with van der Waals surface area (Å²) in [5.41, 5.74) is 0. The van der Waals surface area contributed by atoms with Crippen molar-refractivity contribution in [2.45, 2.75) is 6.42 Å². The summed E-state index contributed by atoms with van der Waals surface area (Å²) >= 11 is 3.18. The van der Waals surface area contributed by atoms with Gasteiger partial charge in [0.1, 0.15) is 5.76 Å². The SMILES string of the molecule is OC1=C(Br)[CH]CC=C1. The molecule has 0 fully saturated rings. The van der Waals surface area contributed by atoms with E-state index in [-0.39, 0.29) is 0 Å². The zero-order valence-corrected chi connectivity index (χ0v) is 5.85. The Bertz CT molecular complexity index is 147. The summed E-state index contributed by atoms with van der Waals surface area (Å²) in [4.78, 5) is 0. The standard InChI is InChI=1S/C6H6BrO/c7-5-3-1-2-4-6(5)8/h2-4,8H,1H2. The van der Waals surface area contributed by atoms with Crippen LogP contribution in [-0.2, 0) is 0 Å². The van der Waals surface area contributed by atoms with E-state index in [2.05, 4.69) is 15.9 Å². The molecule has 0 saturated heterocycles. The van der Waals surface area contributed by atoms with Crippen molar-refractivity contribution in [2.75, 3.05) is 0 Å². The van der Waals surface area contributed by atoms with Crippen molar-refractivity contribution in [3.05, 3.63) is 28.8 Å². The molecule has 0 atom stereocenters. The third kappa shape index (κ3) is 1.13. The van der Waals surface area contributed by atoms with Crippen molar-refractivity contribution in [3.8, 4) is 0 Å². The number of hydrogen-bond donors (Lipinski definition) is 1. The molecule has 1 nitrogen and oxygen atoms in total. The predicted octanol–water partition coefficient (Wildman–Crippen LogP) is 2.32. The van der Waals surface area contributed by atoms with E-state index >= 15 is 0 Å². The van der Waals surface area contributed by atoms with E-state index in [0.29, 0.717) is 5.76 Å². The summed E-state index contributed by atoms with van der Waals surface area (Å²) in [5, 5.41) is 8.89. The summed E-state index contributed by atoms with van der Waals surface area (Å²) in [7, 11) is 0. The van der Waals surface area contributed by atoms with E-state index in [4.69, 9.17) is 5.11 Å². The molecule has 1 N–H and O–H groups in total. The molecule has 1 aliphatic carbocycles. The number of rotatable bonds is 0. The van der Waals surface area contributed by atoms with Crippen LogP contribution in [0.25, 0.3) is 0 Å². The van der Waals surface area contributed by atoms with E-state index in [0.717, 1.165) is 10.9 Å². The van der Waals surface area contributed by atoms with Crippen molar-refractivity contribution in [2.24, 2.45) is 0 Å². The molecule has 1 aliphatic rings. The fraction of sp³-hybridized carbons (Fsp3) is 0.167. The van der Waals surface area contributed by atoms with Crippen LogP contribution in [0.5, 0.6) is 0 Å². The topological polar surface area (TPSA) is 20.2 Å². The van der Waals surface area contributed by atoms with Crippen LogP contribution >= 0.6 is 15.9 Å². The zero-order chi connectivity index (χ0) is 5.98. The monoisotopic (exact) mass is 173 g/mol. The molecule has 0 aromatic rings. The molecule has 0 amide bonds. The van der Waals surface area contributed by atoms with Crippen molar-refractivity contribution in [1.82, 2.24) is 0 Å². The Balaban J connectivity index is 2.76. The van der Waals surface area contributed by atoms with E-state index in [1.54, 1.807) is 6.08 Å². The molecule has 0 aromatic carbocycles. The Hall–Kier alpha value is -0.240. The second-order valence-corrected chi connectivity index (χ2v) is 2.43. The average Bonchev–Trinajstić information content (AvgIpc) is 1.77. The van der Waals surface area contributed by atoms with Crippen LogP contribution in [0.4, 0.5) is 0 Å². The van der Waals surface area contributed by atoms with Gasteiger partial charge in [-0.25, -0.2) is 0 Å². The molecule has 0 unspecified atom stereocenters. The Morgan fingerprint density at radius 1 is 1.62 bits per heavy atom. The first-order valence-corrected chi connectivity index (χ1v) is 3.18. The van der Waals surface area contributed by atoms with Crippen LogP contribution < -0.4 is 0 Å². The highest BCUT2D eigenvalue weighted by atomic mass is 79.9. The number of aliphatic hydroxyl groups excluding tert-OH is 1. The maximum absolute atomic E-state index is 8.89. The van der Waals surface area contributed by atoms with E-state index in [1.165, 1.54) is 0 Å². The predicted molar refractivity (Wildman–Crippen MR) is 36.6 cm³/mol. The number of halogens is 1. The normalized spacial score (nSPS) is 19.6. The molecule has 0 saturated carbocycles. The minimum atomic E-state index is 0.316. The summed E-state index contributed by atoms with van der Waals surface area (Å²) in [6.45, 7) is 0. The van der Waals surface area contributed by atoms with Gasteiger partial charge in [0.2, 0.25) is 0 Å². The van der Waals surface area contributed by atoms with Gasteiger partial charge < -0.3 is 5.11 Å². The molecule has 43 valence electrons.